The number of amides is 1. The number of carbonyl (C=O) groups is 1. The standard InChI is InChI=1S/C27H36FN3O3/c1-27(2,28)19-30-14-11-20(12-15-30)18-34-24-9-10-25(29-16-24)21-5-7-22(8-6-21)26(33)31-13-3-4-23(31)17-32/h5-10,16,20,23,32H,3-4,11-15,17-19H2,1-2H3/t23-/m1/s1. The first-order valence-electron chi connectivity index (χ1n) is 12.3. The van der Waals surface area contributed by atoms with Crippen LogP contribution in [0.4, 0.5) is 4.39 Å². The Labute approximate surface area is 201 Å². The summed E-state index contributed by atoms with van der Waals surface area (Å²) in [6.07, 6.45) is 5.57. The lowest BCUT2D eigenvalue weighted by Gasteiger charge is -2.34. The Hall–Kier alpha value is -2.51. The zero-order valence-corrected chi connectivity index (χ0v) is 20.3. The Morgan fingerprint density at radius 3 is 2.47 bits per heavy atom. The van der Waals surface area contributed by atoms with Crippen LogP contribution < -0.4 is 4.74 Å². The number of hydrogen-bond acceptors (Lipinski definition) is 5. The molecule has 1 aromatic carbocycles. The van der Waals surface area contributed by atoms with Gasteiger partial charge in [-0.25, -0.2) is 4.39 Å². The summed E-state index contributed by atoms with van der Waals surface area (Å²) in [4.78, 5) is 21.3. The molecule has 0 aliphatic carbocycles. The second-order valence-electron chi connectivity index (χ2n) is 10.2. The molecule has 184 valence electrons. The van der Waals surface area contributed by atoms with Crippen LogP contribution in [0.2, 0.25) is 0 Å². The Bertz CT molecular complexity index is 935. The van der Waals surface area contributed by atoms with Gasteiger partial charge >= 0.3 is 0 Å². The fourth-order valence-electron chi connectivity index (χ4n) is 4.94. The van der Waals surface area contributed by atoms with Crippen molar-refractivity contribution < 1.29 is 19.0 Å². The molecular formula is C27H36FN3O3. The van der Waals surface area contributed by atoms with Gasteiger partial charge in [-0.15, -0.1) is 0 Å². The molecule has 0 spiro atoms. The summed E-state index contributed by atoms with van der Waals surface area (Å²) in [6, 6.07) is 11.3. The van der Waals surface area contributed by atoms with Crippen LogP contribution in [-0.2, 0) is 0 Å². The minimum Gasteiger partial charge on any atom is -0.492 e. The van der Waals surface area contributed by atoms with Gasteiger partial charge < -0.3 is 19.6 Å². The zero-order valence-electron chi connectivity index (χ0n) is 20.3. The van der Waals surface area contributed by atoms with E-state index in [0.29, 0.717) is 31.2 Å². The SMILES string of the molecule is CC(C)(F)CN1CCC(COc2ccc(-c3ccc(C(=O)N4CCC[C@@H]4CO)cc3)nc2)CC1. The number of piperidine rings is 1. The zero-order chi connectivity index (χ0) is 24.1. The van der Waals surface area contributed by atoms with Crippen molar-refractivity contribution >= 4 is 5.91 Å². The molecule has 1 amide bonds. The van der Waals surface area contributed by atoms with E-state index in [2.05, 4.69) is 9.88 Å². The molecule has 2 aliphatic rings. The smallest absolute Gasteiger partial charge is 0.254 e. The number of alkyl halides is 1. The Kier molecular flexibility index (Phi) is 7.84. The van der Waals surface area contributed by atoms with Gasteiger partial charge in [-0.05, 0) is 82.8 Å². The Balaban J connectivity index is 1.27. The number of aliphatic hydroxyl groups excluding tert-OH is 1. The third-order valence-corrected chi connectivity index (χ3v) is 6.81. The third kappa shape index (κ3) is 6.33. The van der Waals surface area contributed by atoms with Gasteiger partial charge in [-0.1, -0.05) is 12.1 Å². The van der Waals surface area contributed by atoms with Crippen LogP contribution in [0.15, 0.2) is 42.6 Å². The van der Waals surface area contributed by atoms with Crippen molar-refractivity contribution in [2.45, 2.75) is 51.2 Å². The Morgan fingerprint density at radius 1 is 1.12 bits per heavy atom. The summed E-state index contributed by atoms with van der Waals surface area (Å²) in [5.41, 5.74) is 1.24. The molecule has 0 bridgehead atoms. The second kappa shape index (κ2) is 10.8. The number of likely N-dealkylation sites (tertiary alicyclic amines) is 2. The summed E-state index contributed by atoms with van der Waals surface area (Å²) in [5.74, 6) is 1.19. The van der Waals surface area contributed by atoms with E-state index in [1.54, 1.807) is 24.9 Å². The third-order valence-electron chi connectivity index (χ3n) is 6.81. The van der Waals surface area contributed by atoms with Crippen molar-refractivity contribution in [3.8, 4) is 17.0 Å². The van der Waals surface area contributed by atoms with Crippen LogP contribution >= 0.6 is 0 Å². The number of hydrogen-bond donors (Lipinski definition) is 1. The van der Waals surface area contributed by atoms with Gasteiger partial charge in [0.1, 0.15) is 11.4 Å². The van der Waals surface area contributed by atoms with Crippen LogP contribution in [0.3, 0.4) is 0 Å². The monoisotopic (exact) mass is 469 g/mol. The summed E-state index contributed by atoms with van der Waals surface area (Å²) in [5, 5.41) is 9.48. The molecule has 0 saturated carbocycles. The molecule has 34 heavy (non-hydrogen) atoms. The van der Waals surface area contributed by atoms with Gasteiger partial charge in [0.15, 0.2) is 0 Å². The lowest BCUT2D eigenvalue weighted by Crippen LogP contribution is -2.41. The van der Waals surface area contributed by atoms with Crippen molar-refractivity contribution in [1.29, 1.82) is 0 Å². The summed E-state index contributed by atoms with van der Waals surface area (Å²) >= 11 is 0. The summed E-state index contributed by atoms with van der Waals surface area (Å²) in [7, 11) is 0. The Morgan fingerprint density at radius 2 is 1.85 bits per heavy atom. The van der Waals surface area contributed by atoms with E-state index in [4.69, 9.17) is 4.74 Å². The second-order valence-corrected chi connectivity index (χ2v) is 10.2. The van der Waals surface area contributed by atoms with Crippen LogP contribution in [0, 0.1) is 5.92 Å². The van der Waals surface area contributed by atoms with Crippen molar-refractivity contribution in [3.63, 3.8) is 0 Å². The number of ether oxygens (including phenoxy) is 1. The minimum absolute atomic E-state index is 0.0127. The van der Waals surface area contributed by atoms with E-state index in [0.717, 1.165) is 55.8 Å². The van der Waals surface area contributed by atoms with E-state index >= 15 is 0 Å². The summed E-state index contributed by atoms with van der Waals surface area (Å²) in [6.45, 7) is 6.94. The highest BCUT2D eigenvalue weighted by atomic mass is 19.1. The molecule has 3 heterocycles. The summed E-state index contributed by atoms with van der Waals surface area (Å²) < 4.78 is 19.8. The molecule has 2 aromatic rings. The molecule has 6 nitrogen and oxygen atoms in total. The molecule has 1 N–H and O–H groups in total. The van der Waals surface area contributed by atoms with Crippen molar-refractivity contribution in [2.24, 2.45) is 5.92 Å². The van der Waals surface area contributed by atoms with Crippen molar-refractivity contribution in [1.82, 2.24) is 14.8 Å². The molecule has 2 fully saturated rings. The maximum absolute atomic E-state index is 13.8. The first-order valence-corrected chi connectivity index (χ1v) is 12.3. The van der Waals surface area contributed by atoms with Gasteiger partial charge in [-0.2, -0.15) is 0 Å². The predicted molar refractivity (Wildman–Crippen MR) is 131 cm³/mol. The maximum Gasteiger partial charge on any atom is 0.254 e. The fraction of sp³-hybridized carbons (Fsp3) is 0.556. The fourth-order valence-corrected chi connectivity index (χ4v) is 4.94. The number of carbonyl (C=O) groups excluding carboxylic acids is 1. The topological polar surface area (TPSA) is 65.9 Å². The van der Waals surface area contributed by atoms with Crippen LogP contribution in [0.1, 0.15) is 49.9 Å². The average molecular weight is 470 g/mol. The van der Waals surface area contributed by atoms with E-state index in [1.165, 1.54) is 0 Å². The van der Waals surface area contributed by atoms with E-state index in [-0.39, 0.29) is 18.6 Å². The van der Waals surface area contributed by atoms with E-state index < -0.39 is 5.67 Å². The molecular weight excluding hydrogens is 433 g/mol. The first-order chi connectivity index (χ1) is 16.3. The van der Waals surface area contributed by atoms with E-state index in [1.807, 2.05) is 36.4 Å². The van der Waals surface area contributed by atoms with Gasteiger partial charge in [0, 0.05) is 24.2 Å². The highest BCUT2D eigenvalue weighted by Crippen LogP contribution is 2.25. The van der Waals surface area contributed by atoms with E-state index in [9.17, 15) is 14.3 Å². The quantitative estimate of drug-likeness (QED) is 0.628. The number of aliphatic hydroxyl groups is 1. The molecule has 0 unspecified atom stereocenters. The predicted octanol–water partition coefficient (Wildman–Crippen LogP) is 4.18. The van der Waals surface area contributed by atoms with Crippen LogP contribution in [0.5, 0.6) is 5.75 Å². The number of pyridine rings is 1. The molecule has 2 saturated heterocycles. The van der Waals surface area contributed by atoms with Gasteiger partial charge in [0.25, 0.3) is 5.91 Å². The highest BCUT2D eigenvalue weighted by Gasteiger charge is 2.29. The molecule has 4 rings (SSSR count). The number of nitrogens with zero attached hydrogens (tertiary/aromatic N) is 3. The van der Waals surface area contributed by atoms with Crippen molar-refractivity contribution in [2.75, 3.05) is 39.4 Å². The normalized spacial score (nSPS) is 20.0. The number of benzene rings is 1. The minimum atomic E-state index is -1.15. The molecule has 1 aromatic heterocycles. The molecule has 2 aliphatic heterocycles. The van der Waals surface area contributed by atoms with Gasteiger partial charge in [0.2, 0.25) is 0 Å². The molecule has 0 radical (unpaired) electrons. The number of rotatable bonds is 8. The largest absolute Gasteiger partial charge is 0.492 e. The van der Waals surface area contributed by atoms with Crippen LogP contribution in [0.25, 0.3) is 11.3 Å². The average Bonchev–Trinajstić information content (AvgIpc) is 3.32. The maximum atomic E-state index is 13.8. The lowest BCUT2D eigenvalue weighted by molar-refractivity contribution is 0.0677. The molecule has 1 atom stereocenters. The van der Waals surface area contributed by atoms with Gasteiger partial charge in [-0.3, -0.25) is 9.78 Å². The lowest BCUT2D eigenvalue weighted by atomic mass is 9.97. The number of aromatic nitrogens is 1. The van der Waals surface area contributed by atoms with Crippen LogP contribution in [-0.4, -0.2) is 76.9 Å². The van der Waals surface area contributed by atoms with Crippen molar-refractivity contribution in [3.05, 3.63) is 48.2 Å². The number of halogens is 1. The molecule has 7 heteroatoms. The van der Waals surface area contributed by atoms with Gasteiger partial charge in [0.05, 0.1) is 31.1 Å². The highest BCUT2D eigenvalue weighted by molar-refractivity contribution is 5.95. The first kappa shape index (κ1) is 24.6.